The van der Waals surface area contributed by atoms with E-state index in [4.69, 9.17) is 16.6 Å². The molecule has 1 aliphatic heterocycles. The van der Waals surface area contributed by atoms with E-state index in [-0.39, 0.29) is 16.1 Å². The Morgan fingerprint density at radius 1 is 1.50 bits per heavy atom. The molecule has 2 rings (SSSR count). The van der Waals surface area contributed by atoms with Crippen LogP contribution in [0.3, 0.4) is 0 Å². The van der Waals surface area contributed by atoms with Crippen LogP contribution in [0.4, 0.5) is 0 Å². The molecular formula is C15H17NO4S2. The number of hydrogen-bond acceptors (Lipinski definition) is 5. The van der Waals surface area contributed by atoms with Gasteiger partial charge in [0.2, 0.25) is 0 Å². The monoisotopic (exact) mass is 339 g/mol. The number of rotatable bonds is 5. The van der Waals surface area contributed by atoms with Gasteiger partial charge in [-0.2, -0.15) is 0 Å². The molecule has 0 radical (unpaired) electrons. The fraction of sp³-hybridized carbons (Fsp3) is 0.400. The third-order valence-electron chi connectivity index (χ3n) is 3.15. The van der Waals surface area contributed by atoms with Crippen molar-refractivity contribution < 1.29 is 19.1 Å². The van der Waals surface area contributed by atoms with Gasteiger partial charge in [-0.15, -0.1) is 0 Å². The van der Waals surface area contributed by atoms with Crippen molar-refractivity contribution in [1.82, 2.24) is 4.90 Å². The summed E-state index contributed by atoms with van der Waals surface area (Å²) in [4.78, 5) is 25.6. The first-order valence-electron chi connectivity index (χ1n) is 6.86. The summed E-state index contributed by atoms with van der Waals surface area (Å²) in [5, 5.41) is 9.40. The Hall–Kier alpha value is -1.60. The molecule has 22 heavy (non-hydrogen) atoms. The number of carboxylic acid groups (broad SMARTS) is 1. The molecule has 1 atom stereocenters. The van der Waals surface area contributed by atoms with Crippen molar-refractivity contribution in [2.75, 3.05) is 0 Å². The molecule has 118 valence electrons. The summed E-state index contributed by atoms with van der Waals surface area (Å²) in [6.07, 6.45) is 1.95. The third kappa shape index (κ3) is 3.59. The third-order valence-corrected chi connectivity index (χ3v) is 4.48. The highest BCUT2D eigenvalue weighted by atomic mass is 32.2. The van der Waals surface area contributed by atoms with E-state index in [1.165, 1.54) is 4.90 Å². The maximum absolute atomic E-state index is 12.5. The fourth-order valence-electron chi connectivity index (χ4n) is 2.17. The molecule has 1 fully saturated rings. The maximum Gasteiger partial charge on any atom is 0.326 e. The van der Waals surface area contributed by atoms with Gasteiger partial charge in [-0.05, 0) is 31.4 Å². The second kappa shape index (κ2) is 6.66. The van der Waals surface area contributed by atoms with Crippen LogP contribution in [0.15, 0.2) is 21.5 Å². The Morgan fingerprint density at radius 2 is 2.18 bits per heavy atom. The van der Waals surface area contributed by atoms with Gasteiger partial charge >= 0.3 is 5.97 Å². The maximum atomic E-state index is 12.5. The van der Waals surface area contributed by atoms with Crippen molar-refractivity contribution in [1.29, 1.82) is 0 Å². The summed E-state index contributed by atoms with van der Waals surface area (Å²) in [6.45, 7) is 5.63. The number of furan rings is 1. The number of aliphatic carboxylic acids is 1. The Morgan fingerprint density at radius 3 is 2.68 bits per heavy atom. The molecule has 2 heterocycles. The van der Waals surface area contributed by atoms with Crippen molar-refractivity contribution in [3.63, 3.8) is 0 Å². The van der Waals surface area contributed by atoms with Crippen molar-refractivity contribution in [2.24, 2.45) is 5.92 Å². The van der Waals surface area contributed by atoms with E-state index in [2.05, 4.69) is 0 Å². The Kier molecular flexibility index (Phi) is 5.08. The summed E-state index contributed by atoms with van der Waals surface area (Å²) < 4.78 is 5.69. The van der Waals surface area contributed by atoms with E-state index in [1.54, 1.807) is 18.2 Å². The zero-order chi connectivity index (χ0) is 16.4. The minimum atomic E-state index is -1.04. The molecule has 1 aromatic heterocycles. The van der Waals surface area contributed by atoms with E-state index < -0.39 is 12.0 Å². The lowest BCUT2D eigenvalue weighted by molar-refractivity contribution is -0.145. The van der Waals surface area contributed by atoms with Crippen molar-refractivity contribution in [3.8, 4) is 0 Å². The summed E-state index contributed by atoms with van der Waals surface area (Å²) in [6, 6.07) is 2.62. The van der Waals surface area contributed by atoms with Crippen LogP contribution >= 0.6 is 24.0 Å². The van der Waals surface area contributed by atoms with E-state index >= 15 is 0 Å². The fourth-order valence-corrected chi connectivity index (χ4v) is 3.51. The molecule has 0 spiro atoms. The highest BCUT2D eigenvalue weighted by Gasteiger charge is 2.40. The number of thiocarbonyl (C=S) groups is 1. The van der Waals surface area contributed by atoms with Crippen LogP contribution < -0.4 is 0 Å². The first-order valence-corrected chi connectivity index (χ1v) is 8.08. The molecular weight excluding hydrogens is 322 g/mol. The summed E-state index contributed by atoms with van der Waals surface area (Å²) >= 11 is 6.30. The second-order valence-corrected chi connectivity index (χ2v) is 7.16. The van der Waals surface area contributed by atoms with Gasteiger partial charge in [-0.25, -0.2) is 4.79 Å². The molecule has 0 unspecified atom stereocenters. The molecule has 1 aliphatic rings. The predicted molar refractivity (Wildman–Crippen MR) is 89.3 cm³/mol. The number of aryl methyl sites for hydroxylation is 1. The molecule has 0 aliphatic carbocycles. The topological polar surface area (TPSA) is 70.8 Å². The van der Waals surface area contributed by atoms with Crippen LogP contribution in [0.2, 0.25) is 0 Å². The van der Waals surface area contributed by atoms with Gasteiger partial charge < -0.3 is 9.52 Å². The van der Waals surface area contributed by atoms with Gasteiger partial charge in [0.15, 0.2) is 0 Å². The van der Waals surface area contributed by atoms with Crippen LogP contribution in [0.25, 0.3) is 6.08 Å². The van der Waals surface area contributed by atoms with E-state index in [0.29, 0.717) is 17.1 Å². The smallest absolute Gasteiger partial charge is 0.326 e. The highest BCUT2D eigenvalue weighted by Crippen LogP contribution is 2.35. The largest absolute Gasteiger partial charge is 0.480 e. The van der Waals surface area contributed by atoms with E-state index in [1.807, 2.05) is 20.8 Å². The summed E-state index contributed by atoms with van der Waals surface area (Å²) in [5.41, 5.74) is 0. The number of amides is 1. The Labute approximate surface area is 138 Å². The highest BCUT2D eigenvalue weighted by molar-refractivity contribution is 8.26. The lowest BCUT2D eigenvalue weighted by Crippen LogP contribution is -2.44. The zero-order valence-electron chi connectivity index (χ0n) is 12.5. The molecule has 7 heteroatoms. The number of thioether (sulfide) groups is 1. The van der Waals surface area contributed by atoms with Crippen molar-refractivity contribution in [2.45, 2.75) is 33.2 Å². The first-order chi connectivity index (χ1) is 10.3. The molecule has 1 amide bonds. The quantitative estimate of drug-likeness (QED) is 0.656. The van der Waals surface area contributed by atoms with E-state index in [0.717, 1.165) is 17.5 Å². The van der Waals surface area contributed by atoms with Crippen LogP contribution in [0, 0.1) is 12.8 Å². The first kappa shape index (κ1) is 16.8. The molecule has 1 saturated heterocycles. The van der Waals surface area contributed by atoms with Gasteiger partial charge in [0.25, 0.3) is 5.91 Å². The minimum absolute atomic E-state index is 0.141. The molecule has 1 aromatic rings. The molecule has 1 N–H and O–H groups in total. The van der Waals surface area contributed by atoms with Gasteiger partial charge in [0.05, 0.1) is 4.91 Å². The Bertz CT molecular complexity index is 648. The normalized spacial score (nSPS) is 18.5. The molecule has 0 bridgehead atoms. The van der Waals surface area contributed by atoms with Gasteiger partial charge in [0.1, 0.15) is 21.9 Å². The van der Waals surface area contributed by atoms with Crippen molar-refractivity contribution >= 4 is 46.3 Å². The number of nitrogens with zero attached hydrogens (tertiary/aromatic N) is 1. The summed E-state index contributed by atoms with van der Waals surface area (Å²) in [5.74, 6) is 0.0123. The average Bonchev–Trinajstić information content (AvgIpc) is 2.92. The number of carbonyl (C=O) groups excluding carboxylic acids is 1. The average molecular weight is 339 g/mol. The molecule has 5 nitrogen and oxygen atoms in total. The van der Waals surface area contributed by atoms with Crippen LogP contribution in [-0.2, 0) is 9.59 Å². The van der Waals surface area contributed by atoms with Gasteiger partial charge in [0, 0.05) is 6.08 Å². The van der Waals surface area contributed by atoms with Crippen LogP contribution in [-0.4, -0.2) is 32.2 Å². The zero-order valence-corrected chi connectivity index (χ0v) is 14.2. The van der Waals surface area contributed by atoms with Crippen LogP contribution in [0.5, 0.6) is 0 Å². The Balaban J connectivity index is 2.27. The SMILES string of the molecule is Cc1ccc(/C=C2/SC(=S)N([C@@H](CC(C)C)C(=O)O)C2=O)o1. The van der Waals surface area contributed by atoms with Crippen molar-refractivity contribution in [3.05, 3.63) is 28.6 Å². The standard InChI is InChI=1S/C15H17NO4S2/c1-8(2)6-11(14(18)19)16-13(17)12(22-15(16)21)7-10-5-4-9(3)20-10/h4-5,7-8,11H,6H2,1-3H3,(H,18,19)/b12-7+/t11-/m0/s1. The van der Waals surface area contributed by atoms with E-state index in [9.17, 15) is 14.7 Å². The number of carbonyl (C=O) groups is 2. The lowest BCUT2D eigenvalue weighted by atomic mass is 10.0. The van der Waals surface area contributed by atoms with Crippen LogP contribution in [0.1, 0.15) is 31.8 Å². The second-order valence-electron chi connectivity index (χ2n) is 5.48. The molecule has 0 aromatic carbocycles. The summed E-state index contributed by atoms with van der Waals surface area (Å²) in [7, 11) is 0. The number of hydrogen-bond donors (Lipinski definition) is 1. The predicted octanol–water partition coefficient (Wildman–Crippen LogP) is 3.29. The van der Waals surface area contributed by atoms with Gasteiger partial charge in [-0.1, -0.05) is 37.8 Å². The minimum Gasteiger partial charge on any atom is -0.480 e. The van der Waals surface area contributed by atoms with Gasteiger partial charge in [-0.3, -0.25) is 9.69 Å². The lowest BCUT2D eigenvalue weighted by Gasteiger charge is -2.24. The number of carboxylic acids is 1. The molecule has 0 saturated carbocycles.